The van der Waals surface area contributed by atoms with Gasteiger partial charge in [0, 0.05) is 17.2 Å². The second-order valence-corrected chi connectivity index (χ2v) is 8.00. The molecule has 0 saturated carbocycles. The van der Waals surface area contributed by atoms with Crippen molar-refractivity contribution < 1.29 is 5.11 Å². The number of hydrogen-bond donors (Lipinski definition) is 1. The molecule has 0 aliphatic heterocycles. The molecule has 4 nitrogen and oxygen atoms in total. The average Bonchev–Trinajstić information content (AvgIpc) is 2.95. The van der Waals surface area contributed by atoms with Crippen LogP contribution >= 0.6 is 22.9 Å². The predicted molar refractivity (Wildman–Crippen MR) is 83.5 cm³/mol. The summed E-state index contributed by atoms with van der Waals surface area (Å²) in [4.78, 5) is 5.50. The molecule has 6 heteroatoms. The van der Waals surface area contributed by atoms with Crippen LogP contribution in [-0.4, -0.2) is 19.7 Å². The molecule has 2 rings (SSSR count). The van der Waals surface area contributed by atoms with Crippen molar-refractivity contribution in [3.8, 4) is 0 Å². The predicted octanol–water partition coefficient (Wildman–Crippen LogP) is 3.69. The molecule has 1 N–H and O–H groups in total. The highest BCUT2D eigenvalue weighted by Crippen LogP contribution is 2.30. The summed E-state index contributed by atoms with van der Waals surface area (Å²) in [5.74, 6) is 0.278. The Labute approximate surface area is 128 Å². The number of aromatic nitrogens is 3. The van der Waals surface area contributed by atoms with E-state index in [0.717, 1.165) is 21.3 Å². The van der Waals surface area contributed by atoms with Crippen molar-refractivity contribution in [2.24, 2.45) is 0 Å². The van der Waals surface area contributed by atoms with E-state index in [-0.39, 0.29) is 11.3 Å². The highest BCUT2D eigenvalue weighted by Gasteiger charge is 2.22. The molecular weight excluding hydrogens is 290 g/mol. The van der Waals surface area contributed by atoms with Crippen LogP contribution in [0, 0.1) is 0 Å². The van der Waals surface area contributed by atoms with Crippen LogP contribution in [0.5, 0.6) is 0 Å². The zero-order chi connectivity index (χ0) is 14.9. The van der Waals surface area contributed by atoms with Crippen LogP contribution in [0.2, 0.25) is 0 Å². The summed E-state index contributed by atoms with van der Waals surface area (Å²) >= 11 is 2.89. The Morgan fingerprint density at radius 2 is 2.00 bits per heavy atom. The third kappa shape index (κ3) is 3.42. The van der Waals surface area contributed by atoms with Gasteiger partial charge in [-0.1, -0.05) is 39.1 Å². The summed E-state index contributed by atoms with van der Waals surface area (Å²) in [7, 11) is 0. The van der Waals surface area contributed by atoms with E-state index in [0.29, 0.717) is 6.42 Å². The molecular formula is C14H21N3OS2. The van der Waals surface area contributed by atoms with Crippen molar-refractivity contribution in [1.82, 2.24) is 14.6 Å². The molecule has 0 aliphatic rings. The van der Waals surface area contributed by atoms with Gasteiger partial charge in [-0.15, -0.1) is 16.4 Å². The zero-order valence-corrected chi connectivity index (χ0v) is 14.2. The molecule has 2 heterocycles. The minimum Gasteiger partial charge on any atom is -0.387 e. The van der Waals surface area contributed by atoms with Crippen LogP contribution in [0.4, 0.5) is 0 Å². The lowest BCUT2D eigenvalue weighted by atomic mass is 9.93. The van der Waals surface area contributed by atoms with E-state index in [2.05, 4.69) is 54.6 Å². The number of aliphatic hydroxyl groups excluding tert-OH is 1. The number of hydrogen-bond acceptors (Lipinski definition) is 6. The first kappa shape index (κ1) is 15.5. The Kier molecular flexibility index (Phi) is 4.56. The molecule has 20 heavy (non-hydrogen) atoms. The van der Waals surface area contributed by atoms with Gasteiger partial charge in [-0.25, -0.2) is 4.98 Å². The van der Waals surface area contributed by atoms with Crippen LogP contribution in [0.3, 0.4) is 0 Å². The second-order valence-electron chi connectivity index (χ2n) is 6.27. The Morgan fingerprint density at radius 1 is 1.30 bits per heavy atom. The summed E-state index contributed by atoms with van der Waals surface area (Å²) in [6, 6.07) is 0. The Hall–Kier alpha value is -0.850. The highest BCUT2D eigenvalue weighted by atomic mass is 32.1. The minimum absolute atomic E-state index is 0.0504. The van der Waals surface area contributed by atoms with Gasteiger partial charge in [0.1, 0.15) is 0 Å². The average molecular weight is 311 g/mol. The fraction of sp³-hybridized carbons (Fsp3) is 0.643. The largest absolute Gasteiger partial charge is 0.387 e. The first-order valence-electron chi connectivity index (χ1n) is 6.74. The van der Waals surface area contributed by atoms with Crippen molar-refractivity contribution in [2.45, 2.75) is 58.5 Å². The van der Waals surface area contributed by atoms with Crippen molar-refractivity contribution in [2.75, 3.05) is 0 Å². The maximum atomic E-state index is 10.4. The standard InChI is InChI=1S/C14H21N3OS2/c1-8(2)12-13(20-17-16-12)9(18)6-11-15-10(7-19-11)14(3,4)5/h7-9,18H,6H2,1-5H3. The van der Waals surface area contributed by atoms with Crippen LogP contribution in [0.15, 0.2) is 5.38 Å². The monoisotopic (exact) mass is 311 g/mol. The van der Waals surface area contributed by atoms with Gasteiger partial charge in [-0.3, -0.25) is 0 Å². The molecule has 0 radical (unpaired) electrons. The van der Waals surface area contributed by atoms with Gasteiger partial charge in [0.25, 0.3) is 0 Å². The quantitative estimate of drug-likeness (QED) is 0.935. The van der Waals surface area contributed by atoms with E-state index in [4.69, 9.17) is 0 Å². The topological polar surface area (TPSA) is 58.9 Å². The fourth-order valence-corrected chi connectivity index (χ4v) is 3.69. The Balaban J connectivity index is 2.13. The van der Waals surface area contributed by atoms with Crippen LogP contribution in [-0.2, 0) is 11.8 Å². The highest BCUT2D eigenvalue weighted by molar-refractivity contribution is 7.09. The van der Waals surface area contributed by atoms with E-state index in [1.54, 1.807) is 11.3 Å². The lowest BCUT2D eigenvalue weighted by molar-refractivity contribution is 0.180. The van der Waals surface area contributed by atoms with Gasteiger partial charge in [0.2, 0.25) is 0 Å². The molecule has 2 aromatic rings. The molecule has 0 aromatic carbocycles. The summed E-state index contributed by atoms with van der Waals surface area (Å²) in [6.07, 6.45) is -0.0315. The van der Waals surface area contributed by atoms with Crippen molar-refractivity contribution >= 4 is 22.9 Å². The van der Waals surface area contributed by atoms with Crippen molar-refractivity contribution in [3.05, 3.63) is 26.7 Å². The fourth-order valence-electron chi connectivity index (χ4n) is 1.84. The van der Waals surface area contributed by atoms with Gasteiger partial charge in [-0.2, -0.15) is 0 Å². The zero-order valence-electron chi connectivity index (χ0n) is 12.5. The number of thiazole rings is 1. The molecule has 0 aliphatic carbocycles. The first-order valence-corrected chi connectivity index (χ1v) is 8.39. The summed E-state index contributed by atoms with van der Waals surface area (Å²) in [5, 5.41) is 17.6. The number of aliphatic hydroxyl groups is 1. The Bertz CT molecular complexity index is 569. The first-order chi connectivity index (χ1) is 9.29. The lowest BCUT2D eigenvalue weighted by Crippen LogP contribution is -2.12. The van der Waals surface area contributed by atoms with Crippen molar-refractivity contribution in [1.29, 1.82) is 0 Å². The minimum atomic E-state index is -0.564. The van der Waals surface area contributed by atoms with Crippen LogP contribution in [0.1, 0.15) is 67.9 Å². The molecule has 0 bridgehead atoms. The molecule has 0 amide bonds. The van der Waals surface area contributed by atoms with E-state index in [1.165, 1.54) is 11.5 Å². The lowest BCUT2D eigenvalue weighted by Gasteiger charge is -2.14. The van der Waals surface area contributed by atoms with E-state index < -0.39 is 6.10 Å². The number of rotatable bonds is 4. The summed E-state index contributed by atoms with van der Waals surface area (Å²) in [6.45, 7) is 10.6. The molecule has 2 aromatic heterocycles. The Morgan fingerprint density at radius 3 is 2.55 bits per heavy atom. The maximum Gasteiger partial charge on any atom is 0.0980 e. The molecule has 0 saturated heterocycles. The van der Waals surface area contributed by atoms with Crippen LogP contribution < -0.4 is 0 Å². The summed E-state index contributed by atoms with van der Waals surface area (Å²) in [5.41, 5.74) is 2.03. The van der Waals surface area contributed by atoms with Crippen molar-refractivity contribution in [3.63, 3.8) is 0 Å². The maximum absolute atomic E-state index is 10.4. The number of nitrogens with zero attached hydrogens (tertiary/aromatic N) is 3. The van der Waals surface area contributed by atoms with Gasteiger partial charge < -0.3 is 5.11 Å². The van der Waals surface area contributed by atoms with E-state index in [1.807, 2.05) is 0 Å². The van der Waals surface area contributed by atoms with Crippen LogP contribution in [0.25, 0.3) is 0 Å². The SMILES string of the molecule is CC(C)c1nnsc1C(O)Cc1nc(C(C)(C)C)cs1. The third-order valence-corrected chi connectivity index (χ3v) is 4.79. The second kappa shape index (κ2) is 5.87. The van der Waals surface area contributed by atoms with Gasteiger partial charge in [0.15, 0.2) is 0 Å². The normalized spacial score (nSPS) is 13.9. The van der Waals surface area contributed by atoms with E-state index >= 15 is 0 Å². The third-order valence-electron chi connectivity index (χ3n) is 3.08. The molecule has 1 unspecified atom stereocenters. The molecule has 0 fully saturated rings. The smallest absolute Gasteiger partial charge is 0.0980 e. The van der Waals surface area contributed by atoms with Gasteiger partial charge in [0.05, 0.1) is 27.4 Å². The van der Waals surface area contributed by atoms with E-state index in [9.17, 15) is 5.11 Å². The van der Waals surface area contributed by atoms with Gasteiger partial charge in [-0.05, 0) is 17.5 Å². The van der Waals surface area contributed by atoms with Gasteiger partial charge >= 0.3 is 0 Å². The molecule has 0 spiro atoms. The summed E-state index contributed by atoms with van der Waals surface area (Å²) < 4.78 is 3.97. The molecule has 110 valence electrons. The molecule has 1 atom stereocenters.